The standard InChI is InChI=1S/C25H31FNO5/c1-27(2,18-32-23(28)19-9-8-14-22(26)17-19)15-16-31-24(29)25(30,21-12-6-7-13-21)20-10-4-3-5-11-20/h3-5,8-11,14,17,21,30H,6-7,12-13,15-16,18H2,1-2H3/q+1. The van der Waals surface area contributed by atoms with Crippen LogP contribution in [0.15, 0.2) is 54.6 Å². The highest BCUT2D eigenvalue weighted by Gasteiger charge is 2.47. The Hall–Kier alpha value is -2.77. The van der Waals surface area contributed by atoms with Gasteiger partial charge in [0.15, 0.2) is 5.60 Å². The second kappa shape index (κ2) is 10.2. The van der Waals surface area contributed by atoms with Crippen molar-refractivity contribution in [3.63, 3.8) is 0 Å². The Morgan fingerprint density at radius 1 is 1.06 bits per heavy atom. The van der Waals surface area contributed by atoms with E-state index in [2.05, 4.69) is 0 Å². The molecule has 0 radical (unpaired) electrons. The number of aliphatic hydroxyl groups is 1. The summed E-state index contributed by atoms with van der Waals surface area (Å²) in [7, 11) is 3.65. The van der Waals surface area contributed by atoms with Crippen molar-refractivity contribution in [3.05, 3.63) is 71.5 Å². The molecule has 0 spiro atoms. The van der Waals surface area contributed by atoms with Crippen molar-refractivity contribution in [2.45, 2.75) is 31.3 Å². The van der Waals surface area contributed by atoms with Crippen molar-refractivity contribution in [2.24, 2.45) is 5.92 Å². The summed E-state index contributed by atoms with van der Waals surface area (Å²) in [6.45, 7) is 0.460. The molecule has 1 aliphatic rings. The molecule has 3 rings (SSSR count). The number of likely N-dealkylation sites (N-methyl/N-ethyl adjacent to an activating group) is 1. The van der Waals surface area contributed by atoms with Gasteiger partial charge in [-0.25, -0.2) is 14.0 Å². The van der Waals surface area contributed by atoms with Crippen LogP contribution in [-0.4, -0.2) is 55.5 Å². The van der Waals surface area contributed by atoms with Crippen molar-refractivity contribution in [1.29, 1.82) is 0 Å². The zero-order valence-electron chi connectivity index (χ0n) is 18.6. The van der Waals surface area contributed by atoms with E-state index in [1.807, 2.05) is 20.2 Å². The summed E-state index contributed by atoms with van der Waals surface area (Å²) in [4.78, 5) is 25.2. The third kappa shape index (κ3) is 5.72. The van der Waals surface area contributed by atoms with Gasteiger partial charge in [0, 0.05) is 5.92 Å². The van der Waals surface area contributed by atoms with E-state index in [1.54, 1.807) is 24.3 Å². The van der Waals surface area contributed by atoms with E-state index < -0.39 is 23.4 Å². The minimum Gasteiger partial charge on any atom is -0.457 e. The molecule has 2 aromatic rings. The van der Waals surface area contributed by atoms with Crippen LogP contribution < -0.4 is 0 Å². The average molecular weight is 445 g/mol. The molecule has 6 nitrogen and oxygen atoms in total. The first-order valence-corrected chi connectivity index (χ1v) is 10.9. The molecule has 1 atom stereocenters. The average Bonchev–Trinajstić information content (AvgIpc) is 3.33. The molecule has 172 valence electrons. The molecule has 32 heavy (non-hydrogen) atoms. The molecule has 0 saturated heterocycles. The molecule has 1 N–H and O–H groups in total. The summed E-state index contributed by atoms with van der Waals surface area (Å²) >= 11 is 0. The lowest BCUT2D eigenvalue weighted by Crippen LogP contribution is -2.47. The summed E-state index contributed by atoms with van der Waals surface area (Å²) in [6, 6.07) is 14.3. The van der Waals surface area contributed by atoms with E-state index >= 15 is 0 Å². The van der Waals surface area contributed by atoms with Gasteiger partial charge in [-0.3, -0.25) is 4.48 Å². The number of quaternary nitrogens is 1. The molecule has 0 aliphatic heterocycles. The van der Waals surface area contributed by atoms with Crippen LogP contribution in [0, 0.1) is 11.7 Å². The molecule has 2 aromatic carbocycles. The Kier molecular flexibility index (Phi) is 7.64. The second-order valence-corrected chi connectivity index (χ2v) is 8.98. The first kappa shape index (κ1) is 23.9. The molecule has 1 saturated carbocycles. The predicted molar refractivity (Wildman–Crippen MR) is 117 cm³/mol. The second-order valence-electron chi connectivity index (χ2n) is 8.98. The topological polar surface area (TPSA) is 72.8 Å². The van der Waals surface area contributed by atoms with Gasteiger partial charge in [0.05, 0.1) is 19.7 Å². The van der Waals surface area contributed by atoms with Crippen LogP contribution in [0.1, 0.15) is 41.6 Å². The molecule has 1 unspecified atom stereocenters. The highest BCUT2D eigenvalue weighted by molar-refractivity contribution is 5.89. The minimum absolute atomic E-state index is 0.0263. The summed E-state index contributed by atoms with van der Waals surface area (Å²) in [5.74, 6) is -1.94. The highest BCUT2D eigenvalue weighted by Crippen LogP contribution is 2.41. The van der Waals surface area contributed by atoms with E-state index in [0.29, 0.717) is 12.1 Å². The zero-order chi connectivity index (χ0) is 23.2. The molecule has 0 heterocycles. The minimum atomic E-state index is -1.67. The van der Waals surface area contributed by atoms with E-state index in [0.717, 1.165) is 31.7 Å². The van der Waals surface area contributed by atoms with Gasteiger partial charge in [0.2, 0.25) is 6.73 Å². The highest BCUT2D eigenvalue weighted by atomic mass is 19.1. The Bertz CT molecular complexity index is 927. The quantitative estimate of drug-likeness (QED) is 0.363. The Morgan fingerprint density at radius 2 is 1.75 bits per heavy atom. The first-order valence-electron chi connectivity index (χ1n) is 10.9. The fourth-order valence-electron chi connectivity index (χ4n) is 4.05. The number of esters is 2. The van der Waals surface area contributed by atoms with Crippen LogP contribution in [-0.2, 0) is 19.9 Å². The van der Waals surface area contributed by atoms with Gasteiger partial charge in [0.1, 0.15) is 19.0 Å². The molecule has 1 aliphatic carbocycles. The maximum atomic E-state index is 13.3. The Balaban J connectivity index is 1.56. The lowest BCUT2D eigenvalue weighted by Gasteiger charge is -2.33. The summed E-state index contributed by atoms with van der Waals surface area (Å²) in [6.07, 6.45) is 3.51. The largest absolute Gasteiger partial charge is 0.457 e. The number of benzene rings is 2. The lowest BCUT2D eigenvalue weighted by molar-refractivity contribution is -0.907. The number of ether oxygens (including phenoxy) is 2. The normalized spacial score (nSPS) is 16.4. The maximum absolute atomic E-state index is 13.3. The molecule has 0 amide bonds. The maximum Gasteiger partial charge on any atom is 0.343 e. The fraction of sp³-hybridized carbons (Fsp3) is 0.440. The molecular formula is C25H31FNO5+. The van der Waals surface area contributed by atoms with Crippen LogP contribution >= 0.6 is 0 Å². The van der Waals surface area contributed by atoms with Gasteiger partial charge in [-0.2, -0.15) is 0 Å². The van der Waals surface area contributed by atoms with Crippen molar-refractivity contribution in [1.82, 2.24) is 0 Å². The molecular weight excluding hydrogens is 413 g/mol. The van der Waals surface area contributed by atoms with Gasteiger partial charge < -0.3 is 14.6 Å². The van der Waals surface area contributed by atoms with Crippen molar-refractivity contribution < 1.29 is 33.0 Å². The monoisotopic (exact) mass is 444 g/mol. The van der Waals surface area contributed by atoms with Crippen LogP contribution in [0.2, 0.25) is 0 Å². The van der Waals surface area contributed by atoms with Gasteiger partial charge >= 0.3 is 11.9 Å². The number of carbonyl (C=O) groups is 2. The van der Waals surface area contributed by atoms with Crippen LogP contribution in [0.4, 0.5) is 4.39 Å². The van der Waals surface area contributed by atoms with Crippen molar-refractivity contribution >= 4 is 11.9 Å². The lowest BCUT2D eigenvalue weighted by atomic mass is 9.80. The fourth-order valence-corrected chi connectivity index (χ4v) is 4.05. The molecule has 7 heteroatoms. The molecule has 0 bridgehead atoms. The third-order valence-corrected chi connectivity index (χ3v) is 6.01. The van der Waals surface area contributed by atoms with E-state index in [4.69, 9.17) is 9.47 Å². The number of hydrogen-bond donors (Lipinski definition) is 1. The summed E-state index contributed by atoms with van der Waals surface area (Å²) < 4.78 is 24.4. The van der Waals surface area contributed by atoms with Gasteiger partial charge in [-0.05, 0) is 36.6 Å². The SMILES string of the molecule is C[N+](C)(CCOC(=O)C(O)(c1ccccc1)C1CCCC1)COC(=O)c1cccc(F)c1. The third-order valence-electron chi connectivity index (χ3n) is 6.01. The molecule has 1 fully saturated rings. The Morgan fingerprint density at radius 3 is 2.41 bits per heavy atom. The summed E-state index contributed by atoms with van der Waals surface area (Å²) in [5, 5.41) is 11.4. The number of halogens is 1. The number of nitrogens with zero attached hydrogens (tertiary/aromatic N) is 1. The van der Waals surface area contributed by atoms with Crippen LogP contribution in [0.5, 0.6) is 0 Å². The van der Waals surface area contributed by atoms with Gasteiger partial charge in [-0.1, -0.05) is 49.2 Å². The van der Waals surface area contributed by atoms with Crippen LogP contribution in [0.3, 0.4) is 0 Å². The van der Waals surface area contributed by atoms with Gasteiger partial charge in [0.25, 0.3) is 0 Å². The number of rotatable bonds is 9. The number of hydrogen-bond acceptors (Lipinski definition) is 5. The van der Waals surface area contributed by atoms with E-state index in [-0.39, 0.29) is 29.3 Å². The Labute approximate surface area is 188 Å². The van der Waals surface area contributed by atoms with E-state index in [9.17, 15) is 19.1 Å². The van der Waals surface area contributed by atoms with E-state index in [1.165, 1.54) is 18.2 Å². The van der Waals surface area contributed by atoms with Crippen molar-refractivity contribution in [3.8, 4) is 0 Å². The first-order chi connectivity index (χ1) is 15.2. The van der Waals surface area contributed by atoms with Gasteiger partial charge in [-0.15, -0.1) is 0 Å². The zero-order valence-corrected chi connectivity index (χ0v) is 18.6. The molecule has 0 aromatic heterocycles. The van der Waals surface area contributed by atoms with Crippen LogP contribution in [0.25, 0.3) is 0 Å². The summed E-state index contributed by atoms with van der Waals surface area (Å²) in [5.41, 5.74) is -0.978. The smallest absolute Gasteiger partial charge is 0.343 e. The predicted octanol–water partition coefficient (Wildman–Crippen LogP) is 3.64. The number of carbonyl (C=O) groups excluding carboxylic acids is 2. The van der Waals surface area contributed by atoms with Crippen molar-refractivity contribution in [2.75, 3.05) is 34.0 Å².